The van der Waals surface area contributed by atoms with Crippen molar-refractivity contribution >= 4 is 35.3 Å². The molecule has 5 N–H and O–H groups in total. The minimum absolute atomic E-state index is 0.185. The van der Waals surface area contributed by atoms with E-state index in [1.807, 2.05) is 0 Å². The van der Waals surface area contributed by atoms with Crippen LogP contribution < -0.4 is 21.4 Å². The molecule has 0 radical (unpaired) electrons. The Morgan fingerprint density at radius 2 is 1.79 bits per heavy atom. The van der Waals surface area contributed by atoms with Crippen molar-refractivity contribution < 1.29 is 29.2 Å². The van der Waals surface area contributed by atoms with E-state index in [0.29, 0.717) is 29.8 Å². The van der Waals surface area contributed by atoms with Crippen LogP contribution in [0.2, 0.25) is 0 Å². The van der Waals surface area contributed by atoms with Gasteiger partial charge in [-0.15, -0.1) is 0 Å². The van der Waals surface area contributed by atoms with Crippen LogP contribution in [0.5, 0.6) is 0 Å². The average Bonchev–Trinajstić information content (AvgIpc) is 3.15. The number of fused-ring (bicyclic) bond motifs is 1. The van der Waals surface area contributed by atoms with E-state index >= 15 is 0 Å². The van der Waals surface area contributed by atoms with Gasteiger partial charge in [-0.25, -0.2) is 10.3 Å². The fourth-order valence-electron chi connectivity index (χ4n) is 4.24. The van der Waals surface area contributed by atoms with E-state index in [1.54, 1.807) is 23.7 Å². The van der Waals surface area contributed by atoms with Crippen LogP contribution in [0.15, 0.2) is 18.2 Å². The summed E-state index contributed by atoms with van der Waals surface area (Å²) < 4.78 is 0. The molecule has 1 unspecified atom stereocenters. The van der Waals surface area contributed by atoms with Crippen LogP contribution in [0, 0.1) is 0 Å². The van der Waals surface area contributed by atoms with Gasteiger partial charge in [-0.05, 0) is 31.4 Å². The standard InChI is InChI=1S/C23H31N5O6/c29-19-12-11-18(21(31)26-19)28-14-16-15(22(28)32)8-7-9-17(16)25-23(33)24-13-6-4-2-1-3-5-10-20(30)27-34/h7-9,18,34H,1-6,10-14H2,(H,27,30)(H2,24,25,33)(H,26,29,31). The van der Waals surface area contributed by atoms with Crippen LogP contribution in [0.4, 0.5) is 10.5 Å². The molecular formula is C23H31N5O6. The second kappa shape index (κ2) is 12.1. The molecule has 0 saturated carbocycles. The summed E-state index contributed by atoms with van der Waals surface area (Å²) in [6.07, 6.45) is 6.18. The number of hydrogen-bond donors (Lipinski definition) is 5. The van der Waals surface area contributed by atoms with Crippen LogP contribution in [0.25, 0.3) is 0 Å². The molecule has 0 aromatic heterocycles. The molecule has 0 spiro atoms. The Hall–Kier alpha value is -3.47. The zero-order chi connectivity index (χ0) is 24.5. The van der Waals surface area contributed by atoms with E-state index in [0.717, 1.165) is 38.5 Å². The van der Waals surface area contributed by atoms with Gasteiger partial charge in [0.25, 0.3) is 5.91 Å². The van der Waals surface area contributed by atoms with Gasteiger partial charge in [0.2, 0.25) is 17.7 Å². The Kier molecular flexibility index (Phi) is 8.97. The van der Waals surface area contributed by atoms with E-state index < -0.39 is 11.9 Å². The minimum atomic E-state index is -0.703. The average molecular weight is 474 g/mol. The van der Waals surface area contributed by atoms with Crippen molar-refractivity contribution in [1.29, 1.82) is 0 Å². The summed E-state index contributed by atoms with van der Waals surface area (Å²) in [7, 11) is 0. The molecule has 1 atom stereocenters. The second-order valence-electron chi connectivity index (χ2n) is 8.52. The summed E-state index contributed by atoms with van der Waals surface area (Å²) >= 11 is 0. The number of carbonyl (C=O) groups is 5. The fraction of sp³-hybridized carbons (Fsp3) is 0.522. The fourth-order valence-corrected chi connectivity index (χ4v) is 4.24. The highest BCUT2D eigenvalue weighted by atomic mass is 16.5. The van der Waals surface area contributed by atoms with Crippen molar-refractivity contribution in [1.82, 2.24) is 21.0 Å². The lowest BCUT2D eigenvalue weighted by Gasteiger charge is -2.29. The number of piperidine rings is 1. The van der Waals surface area contributed by atoms with Gasteiger partial charge < -0.3 is 15.5 Å². The summed E-state index contributed by atoms with van der Waals surface area (Å²) in [5.41, 5.74) is 3.23. The Balaban J connectivity index is 1.41. The number of unbranched alkanes of at least 4 members (excludes halogenated alkanes) is 5. The lowest BCUT2D eigenvalue weighted by atomic mass is 10.0. The van der Waals surface area contributed by atoms with E-state index in [9.17, 15) is 24.0 Å². The van der Waals surface area contributed by atoms with Gasteiger partial charge >= 0.3 is 6.03 Å². The maximum Gasteiger partial charge on any atom is 0.319 e. The lowest BCUT2D eigenvalue weighted by molar-refractivity contribution is -0.137. The monoisotopic (exact) mass is 473 g/mol. The van der Waals surface area contributed by atoms with Gasteiger partial charge in [-0.2, -0.15) is 0 Å². The molecule has 6 amide bonds. The maximum absolute atomic E-state index is 12.8. The van der Waals surface area contributed by atoms with E-state index in [-0.39, 0.29) is 43.1 Å². The Morgan fingerprint density at radius 3 is 2.53 bits per heavy atom. The van der Waals surface area contributed by atoms with Crippen LogP contribution in [0.1, 0.15) is 73.7 Å². The number of anilines is 1. The third kappa shape index (κ3) is 6.53. The van der Waals surface area contributed by atoms with Crippen molar-refractivity contribution in [2.45, 2.75) is 70.4 Å². The first-order valence-electron chi connectivity index (χ1n) is 11.6. The van der Waals surface area contributed by atoms with Crippen molar-refractivity contribution in [2.24, 2.45) is 0 Å². The lowest BCUT2D eigenvalue weighted by Crippen LogP contribution is -2.52. The van der Waals surface area contributed by atoms with Gasteiger partial charge in [0.15, 0.2) is 0 Å². The molecule has 11 nitrogen and oxygen atoms in total. The summed E-state index contributed by atoms with van der Waals surface area (Å²) in [6, 6.07) is 4.01. The normalized spacial score (nSPS) is 17.3. The first-order valence-corrected chi connectivity index (χ1v) is 11.6. The molecular weight excluding hydrogens is 442 g/mol. The van der Waals surface area contributed by atoms with Crippen molar-refractivity contribution in [3.8, 4) is 0 Å². The molecule has 0 aliphatic carbocycles. The van der Waals surface area contributed by atoms with Gasteiger partial charge in [0, 0.05) is 42.7 Å². The third-order valence-electron chi connectivity index (χ3n) is 6.07. The maximum atomic E-state index is 12.8. The van der Waals surface area contributed by atoms with Crippen molar-refractivity contribution in [3.63, 3.8) is 0 Å². The molecule has 2 aliphatic rings. The summed E-state index contributed by atoms with van der Waals surface area (Å²) in [5, 5.41) is 16.3. The smallest absolute Gasteiger partial charge is 0.319 e. The molecule has 1 aromatic carbocycles. The quantitative estimate of drug-likeness (QED) is 0.143. The number of amides is 6. The predicted molar refractivity (Wildman–Crippen MR) is 122 cm³/mol. The molecule has 1 fully saturated rings. The Labute approximate surface area is 197 Å². The molecule has 11 heteroatoms. The molecule has 2 aliphatic heterocycles. The van der Waals surface area contributed by atoms with E-state index in [2.05, 4.69) is 16.0 Å². The second-order valence-corrected chi connectivity index (χ2v) is 8.52. The highest BCUT2D eigenvalue weighted by molar-refractivity contribution is 6.06. The van der Waals surface area contributed by atoms with Crippen molar-refractivity contribution in [2.75, 3.05) is 11.9 Å². The number of rotatable bonds is 11. The molecule has 0 bridgehead atoms. The Morgan fingerprint density at radius 1 is 1.06 bits per heavy atom. The number of hydrogen-bond acceptors (Lipinski definition) is 6. The number of nitrogens with zero attached hydrogens (tertiary/aromatic N) is 1. The molecule has 3 rings (SSSR count). The Bertz CT molecular complexity index is 950. The molecule has 1 saturated heterocycles. The molecule has 184 valence electrons. The summed E-state index contributed by atoms with van der Waals surface area (Å²) in [4.78, 5) is 61.2. The third-order valence-corrected chi connectivity index (χ3v) is 6.07. The number of hydroxylamine groups is 1. The van der Waals surface area contributed by atoms with Gasteiger partial charge in [0.1, 0.15) is 6.04 Å². The number of benzene rings is 1. The van der Waals surface area contributed by atoms with E-state index in [4.69, 9.17) is 5.21 Å². The first-order chi connectivity index (χ1) is 16.4. The molecule has 34 heavy (non-hydrogen) atoms. The number of nitrogens with one attached hydrogen (secondary N) is 4. The van der Waals surface area contributed by atoms with Crippen LogP contribution in [0.3, 0.4) is 0 Å². The van der Waals surface area contributed by atoms with E-state index in [1.165, 1.54) is 4.90 Å². The minimum Gasteiger partial charge on any atom is -0.338 e. The predicted octanol–water partition coefficient (Wildman–Crippen LogP) is 1.81. The van der Waals surface area contributed by atoms with Gasteiger partial charge in [-0.3, -0.25) is 29.7 Å². The van der Waals surface area contributed by atoms with Gasteiger partial charge in [-0.1, -0.05) is 31.7 Å². The highest BCUT2D eigenvalue weighted by Gasteiger charge is 2.39. The van der Waals surface area contributed by atoms with Gasteiger partial charge in [0.05, 0.1) is 0 Å². The summed E-state index contributed by atoms with van der Waals surface area (Å²) in [6.45, 7) is 0.700. The van der Waals surface area contributed by atoms with Crippen LogP contribution in [-0.2, 0) is 20.9 Å². The highest BCUT2D eigenvalue weighted by Crippen LogP contribution is 2.32. The number of imide groups is 1. The molecule has 2 heterocycles. The SMILES string of the molecule is O=C(CCCCCCCCNC(=O)Nc1cccc2c1CN(C1CCC(=O)NC1=O)C2=O)NO. The van der Waals surface area contributed by atoms with Crippen LogP contribution >= 0.6 is 0 Å². The topological polar surface area (TPSA) is 157 Å². The molecule has 1 aromatic rings. The first kappa shape index (κ1) is 25.2. The summed E-state index contributed by atoms with van der Waals surface area (Å²) in [5.74, 6) is -1.46. The number of carbonyl (C=O) groups excluding carboxylic acids is 5. The zero-order valence-corrected chi connectivity index (χ0v) is 19.0. The number of urea groups is 1. The van der Waals surface area contributed by atoms with Crippen LogP contribution in [-0.4, -0.2) is 52.4 Å². The zero-order valence-electron chi connectivity index (χ0n) is 19.0. The van der Waals surface area contributed by atoms with Crippen molar-refractivity contribution in [3.05, 3.63) is 29.3 Å². The largest absolute Gasteiger partial charge is 0.338 e.